The number of imide groups is 1. The van der Waals surface area contributed by atoms with Crippen LogP contribution in [-0.2, 0) is 20.9 Å². The minimum Gasteiger partial charge on any atom is -0.445 e. The molecule has 2 aliphatic carbocycles. The zero-order valence-corrected chi connectivity index (χ0v) is 16.6. The molecule has 1 aliphatic heterocycles. The first-order chi connectivity index (χ1) is 14.7. The smallest absolute Gasteiger partial charge is 0.407 e. The molecule has 0 bridgehead atoms. The van der Waals surface area contributed by atoms with E-state index in [1.54, 1.807) is 18.2 Å². The number of nitrogens with one attached hydrogen (secondary N) is 2. The summed E-state index contributed by atoms with van der Waals surface area (Å²) in [5.74, 6) is -3.65. The molecule has 5 rings (SSSR count). The predicted molar refractivity (Wildman–Crippen MR) is 102 cm³/mol. The minimum atomic E-state index is -2.55. The molecule has 3 amide bonds. The zero-order chi connectivity index (χ0) is 21.8. The van der Waals surface area contributed by atoms with Crippen LogP contribution in [0.4, 0.5) is 13.6 Å². The number of rotatable bonds is 4. The lowest BCUT2D eigenvalue weighted by Gasteiger charge is -2.57. The van der Waals surface area contributed by atoms with Crippen molar-refractivity contribution in [2.24, 2.45) is 5.41 Å². The Hall–Kier alpha value is -3.04. The van der Waals surface area contributed by atoms with Gasteiger partial charge >= 0.3 is 6.09 Å². The summed E-state index contributed by atoms with van der Waals surface area (Å²) >= 11 is 0. The van der Waals surface area contributed by atoms with Gasteiger partial charge in [-0.05, 0) is 42.4 Å². The highest BCUT2D eigenvalue weighted by atomic mass is 19.3. The van der Waals surface area contributed by atoms with Gasteiger partial charge in [0.1, 0.15) is 18.0 Å². The van der Waals surface area contributed by atoms with Crippen molar-refractivity contribution in [3.63, 3.8) is 0 Å². The number of oxazole rings is 1. The second kappa shape index (κ2) is 7.00. The number of aromatic nitrogens is 1. The summed E-state index contributed by atoms with van der Waals surface area (Å²) in [6.07, 6.45) is 0.923. The van der Waals surface area contributed by atoms with Gasteiger partial charge in [0.25, 0.3) is 0 Å². The molecule has 2 aromatic rings. The molecule has 1 aromatic heterocycles. The Balaban J connectivity index is 1.15. The van der Waals surface area contributed by atoms with E-state index < -0.39 is 23.8 Å². The Labute approximate surface area is 175 Å². The van der Waals surface area contributed by atoms with Crippen molar-refractivity contribution in [3.05, 3.63) is 29.7 Å². The largest absolute Gasteiger partial charge is 0.445 e. The SMILES string of the molecule is O=C1CCC(c2nc3cc(COC(=O)NC4CC5(C4)CC(F)(F)C5)ccc3o2)C(=O)N1. The number of ether oxygens (including phenoxy) is 1. The summed E-state index contributed by atoms with van der Waals surface area (Å²) < 4.78 is 37.0. The molecular weight excluding hydrogens is 412 g/mol. The number of benzene rings is 1. The van der Waals surface area contributed by atoms with Crippen molar-refractivity contribution in [2.45, 2.75) is 63.0 Å². The fraction of sp³-hybridized carbons (Fsp3) is 0.524. The fourth-order valence-electron chi connectivity index (χ4n) is 4.94. The van der Waals surface area contributed by atoms with Gasteiger partial charge in [0.05, 0.1) is 0 Å². The van der Waals surface area contributed by atoms with Crippen LogP contribution in [0.25, 0.3) is 11.1 Å². The molecule has 1 unspecified atom stereocenters. The molecule has 8 nitrogen and oxygen atoms in total. The van der Waals surface area contributed by atoms with Crippen molar-refractivity contribution in [2.75, 3.05) is 0 Å². The maximum Gasteiger partial charge on any atom is 0.407 e. The molecule has 2 N–H and O–H groups in total. The van der Waals surface area contributed by atoms with E-state index in [9.17, 15) is 23.2 Å². The third kappa shape index (κ3) is 3.86. The van der Waals surface area contributed by atoms with Gasteiger partial charge in [-0.3, -0.25) is 14.9 Å². The first kappa shape index (κ1) is 19.9. The molecule has 164 valence electrons. The summed E-state index contributed by atoms with van der Waals surface area (Å²) in [5, 5.41) is 5.00. The average molecular weight is 433 g/mol. The lowest BCUT2D eigenvalue weighted by Crippen LogP contribution is -2.59. The van der Waals surface area contributed by atoms with Gasteiger partial charge in [-0.15, -0.1) is 0 Å². The van der Waals surface area contributed by atoms with Gasteiger partial charge in [0, 0.05) is 25.3 Å². The molecule has 0 radical (unpaired) electrons. The number of carbonyl (C=O) groups excluding carboxylic acids is 3. The van der Waals surface area contributed by atoms with Gasteiger partial charge < -0.3 is 14.5 Å². The molecule has 31 heavy (non-hydrogen) atoms. The van der Waals surface area contributed by atoms with Crippen molar-refractivity contribution in [1.82, 2.24) is 15.6 Å². The fourth-order valence-corrected chi connectivity index (χ4v) is 4.94. The highest BCUT2D eigenvalue weighted by molar-refractivity contribution is 6.00. The summed E-state index contributed by atoms with van der Waals surface area (Å²) in [6.45, 7) is 0.0122. The lowest BCUT2D eigenvalue weighted by atomic mass is 9.52. The van der Waals surface area contributed by atoms with Crippen molar-refractivity contribution >= 4 is 29.0 Å². The first-order valence-corrected chi connectivity index (χ1v) is 10.2. The van der Waals surface area contributed by atoms with E-state index in [0.29, 0.717) is 35.9 Å². The Morgan fingerprint density at radius 3 is 2.77 bits per heavy atom. The topological polar surface area (TPSA) is 111 Å². The van der Waals surface area contributed by atoms with Gasteiger partial charge in [-0.25, -0.2) is 18.6 Å². The standard InChI is InChI=1S/C21H21F2N3O5/c22-21(23)9-20(10-21)6-12(7-20)24-19(29)30-8-11-1-3-15-14(5-11)25-18(31-15)13-2-4-16(27)26-17(13)28/h1,3,5,12-13H,2,4,6-10H2,(H,24,29)(H,26,27,28). The number of hydrogen-bond donors (Lipinski definition) is 2. The summed E-state index contributed by atoms with van der Waals surface area (Å²) in [7, 11) is 0. The van der Waals surface area contributed by atoms with Gasteiger partial charge in [-0.2, -0.15) is 0 Å². The van der Waals surface area contributed by atoms with Crippen LogP contribution in [0.15, 0.2) is 22.6 Å². The molecule has 10 heteroatoms. The Morgan fingerprint density at radius 2 is 2.06 bits per heavy atom. The number of alkyl carbamates (subject to hydrolysis) is 1. The molecular formula is C21H21F2N3O5. The van der Waals surface area contributed by atoms with Crippen molar-refractivity contribution < 1.29 is 32.3 Å². The number of piperidine rings is 1. The minimum absolute atomic E-state index is 0.0122. The van der Waals surface area contributed by atoms with E-state index in [-0.39, 0.29) is 49.1 Å². The summed E-state index contributed by atoms with van der Waals surface area (Å²) in [5.41, 5.74) is 1.40. The van der Waals surface area contributed by atoms with E-state index >= 15 is 0 Å². The van der Waals surface area contributed by atoms with Gasteiger partial charge in [0.15, 0.2) is 5.58 Å². The molecule has 1 aromatic carbocycles. The van der Waals surface area contributed by atoms with Crippen LogP contribution >= 0.6 is 0 Å². The van der Waals surface area contributed by atoms with E-state index in [0.717, 1.165) is 0 Å². The quantitative estimate of drug-likeness (QED) is 0.717. The maximum absolute atomic E-state index is 13.0. The van der Waals surface area contributed by atoms with Crippen LogP contribution in [0, 0.1) is 5.41 Å². The first-order valence-electron chi connectivity index (χ1n) is 10.2. The van der Waals surface area contributed by atoms with Crippen LogP contribution in [-0.4, -0.2) is 34.9 Å². The van der Waals surface area contributed by atoms with Crippen LogP contribution < -0.4 is 10.6 Å². The molecule has 3 aliphatic rings. The van der Waals surface area contributed by atoms with E-state index in [1.807, 2.05) is 0 Å². The number of fused-ring (bicyclic) bond motifs is 1. The van der Waals surface area contributed by atoms with E-state index in [4.69, 9.17) is 9.15 Å². The highest BCUT2D eigenvalue weighted by Crippen LogP contribution is 2.62. The van der Waals surface area contributed by atoms with Gasteiger partial charge in [0.2, 0.25) is 23.6 Å². The lowest BCUT2D eigenvalue weighted by molar-refractivity contribution is -0.197. The van der Waals surface area contributed by atoms with Crippen LogP contribution in [0.3, 0.4) is 0 Å². The third-order valence-corrected chi connectivity index (χ3v) is 6.32. The second-order valence-electron chi connectivity index (χ2n) is 8.89. The van der Waals surface area contributed by atoms with E-state index in [1.165, 1.54) is 0 Å². The number of alkyl halides is 2. The Bertz CT molecular complexity index is 1070. The van der Waals surface area contributed by atoms with Crippen LogP contribution in [0.5, 0.6) is 0 Å². The van der Waals surface area contributed by atoms with Crippen molar-refractivity contribution in [3.8, 4) is 0 Å². The molecule has 2 saturated carbocycles. The monoisotopic (exact) mass is 433 g/mol. The predicted octanol–water partition coefficient (Wildman–Crippen LogP) is 3.15. The molecule has 1 saturated heterocycles. The van der Waals surface area contributed by atoms with Crippen LogP contribution in [0.1, 0.15) is 55.9 Å². The maximum atomic E-state index is 13.0. The zero-order valence-electron chi connectivity index (χ0n) is 16.6. The summed E-state index contributed by atoms with van der Waals surface area (Å²) in [4.78, 5) is 39.7. The average Bonchev–Trinajstić information content (AvgIpc) is 3.06. The number of nitrogens with zero attached hydrogens (tertiary/aromatic N) is 1. The Morgan fingerprint density at radius 1 is 1.29 bits per heavy atom. The number of hydrogen-bond acceptors (Lipinski definition) is 6. The van der Waals surface area contributed by atoms with Crippen molar-refractivity contribution in [1.29, 1.82) is 0 Å². The highest BCUT2D eigenvalue weighted by Gasteiger charge is 2.62. The number of carbonyl (C=O) groups is 3. The number of halogens is 2. The van der Waals surface area contributed by atoms with E-state index in [2.05, 4.69) is 15.6 Å². The Kier molecular flexibility index (Phi) is 4.49. The normalized spacial score (nSPS) is 24.4. The summed E-state index contributed by atoms with van der Waals surface area (Å²) in [6, 6.07) is 4.98. The third-order valence-electron chi connectivity index (χ3n) is 6.32. The van der Waals surface area contributed by atoms with Crippen LogP contribution in [0.2, 0.25) is 0 Å². The molecule has 2 heterocycles. The molecule has 3 fully saturated rings. The second-order valence-corrected chi connectivity index (χ2v) is 8.89. The molecule has 1 atom stereocenters. The molecule has 1 spiro atoms. The number of amides is 3. The van der Waals surface area contributed by atoms with Gasteiger partial charge in [-0.1, -0.05) is 6.07 Å².